The lowest BCUT2D eigenvalue weighted by Crippen LogP contribution is -2.46. The van der Waals surface area contributed by atoms with Crippen molar-refractivity contribution in [1.82, 2.24) is 15.1 Å². The number of nitrogens with zero attached hydrogens (tertiary/aromatic N) is 2. The highest BCUT2D eigenvalue weighted by Crippen LogP contribution is 2.13. The topological polar surface area (TPSA) is 35.6 Å². The van der Waals surface area contributed by atoms with Crippen LogP contribution in [-0.4, -0.2) is 62.0 Å². The molecule has 0 aliphatic carbocycles. The summed E-state index contributed by atoms with van der Waals surface area (Å²) in [6.45, 7) is 5.98. The molecule has 1 amide bonds. The molecule has 0 bridgehead atoms. The molecule has 0 radical (unpaired) electrons. The third-order valence-electron chi connectivity index (χ3n) is 3.41. The van der Waals surface area contributed by atoms with Crippen LogP contribution in [0.3, 0.4) is 0 Å². The highest BCUT2D eigenvalue weighted by molar-refractivity contribution is 14.1. The predicted octanol–water partition coefficient (Wildman–Crippen LogP) is 1.27. The molecular weight excluding hydrogens is 353 g/mol. The van der Waals surface area contributed by atoms with E-state index in [1.54, 1.807) is 0 Å². The predicted molar refractivity (Wildman–Crippen MR) is 85.4 cm³/mol. The van der Waals surface area contributed by atoms with Crippen LogP contribution in [0.1, 0.15) is 10.4 Å². The lowest BCUT2D eigenvalue weighted by molar-refractivity contribution is 0.0774. The number of halogens is 1. The summed E-state index contributed by atoms with van der Waals surface area (Å²) >= 11 is 2.21. The van der Waals surface area contributed by atoms with Crippen LogP contribution in [-0.2, 0) is 0 Å². The Labute approximate surface area is 128 Å². The van der Waals surface area contributed by atoms with Crippen LogP contribution in [0.5, 0.6) is 0 Å². The van der Waals surface area contributed by atoms with Crippen molar-refractivity contribution in [2.75, 3.05) is 46.3 Å². The number of likely N-dealkylation sites (N-methyl/N-ethyl adjacent to an activating group) is 1. The van der Waals surface area contributed by atoms with Gasteiger partial charge in [0.15, 0.2) is 0 Å². The molecular formula is C14H20IN3O. The molecule has 0 spiro atoms. The minimum Gasteiger partial charge on any atom is -0.340 e. The second-order valence-corrected chi connectivity index (χ2v) is 5.96. The van der Waals surface area contributed by atoms with E-state index in [9.17, 15) is 4.79 Å². The Bertz CT molecular complexity index is 432. The molecule has 0 atom stereocenters. The van der Waals surface area contributed by atoms with Gasteiger partial charge < -0.3 is 10.2 Å². The van der Waals surface area contributed by atoms with Crippen LogP contribution in [0.25, 0.3) is 0 Å². The van der Waals surface area contributed by atoms with Gasteiger partial charge in [0.05, 0.1) is 5.56 Å². The molecule has 2 rings (SSSR count). The summed E-state index contributed by atoms with van der Waals surface area (Å²) in [5, 5.41) is 3.34. The number of hydrogen-bond acceptors (Lipinski definition) is 3. The first-order valence-electron chi connectivity index (χ1n) is 6.61. The van der Waals surface area contributed by atoms with Gasteiger partial charge in [-0.15, -0.1) is 0 Å². The van der Waals surface area contributed by atoms with Gasteiger partial charge in [0.2, 0.25) is 0 Å². The molecule has 0 aromatic heterocycles. The second-order valence-electron chi connectivity index (χ2n) is 4.80. The summed E-state index contributed by atoms with van der Waals surface area (Å²) in [6.07, 6.45) is 0. The third kappa shape index (κ3) is 4.15. The Balaban J connectivity index is 1.87. The standard InChI is InChI=1S/C14H20IN3O/c1-17(10-11-18-8-6-16-7-9-18)14(19)12-4-2-3-5-13(12)15/h2-5,16H,6-11H2,1H3. The Morgan fingerprint density at radius 2 is 2.05 bits per heavy atom. The summed E-state index contributed by atoms with van der Waals surface area (Å²) in [7, 11) is 1.88. The number of piperazine rings is 1. The third-order valence-corrected chi connectivity index (χ3v) is 4.35. The molecule has 0 saturated carbocycles. The van der Waals surface area contributed by atoms with Crippen LogP contribution in [0, 0.1) is 3.57 Å². The largest absolute Gasteiger partial charge is 0.340 e. The van der Waals surface area contributed by atoms with E-state index in [4.69, 9.17) is 0 Å². The average molecular weight is 373 g/mol. The van der Waals surface area contributed by atoms with Gasteiger partial charge in [-0.2, -0.15) is 0 Å². The summed E-state index contributed by atoms with van der Waals surface area (Å²) in [6, 6.07) is 7.74. The molecule has 4 nitrogen and oxygen atoms in total. The Morgan fingerprint density at radius 3 is 2.74 bits per heavy atom. The van der Waals surface area contributed by atoms with E-state index in [0.717, 1.165) is 48.4 Å². The van der Waals surface area contributed by atoms with Gasteiger partial charge in [0, 0.05) is 49.9 Å². The van der Waals surface area contributed by atoms with Crippen molar-refractivity contribution in [3.05, 3.63) is 33.4 Å². The Hall–Kier alpha value is -0.660. The molecule has 5 heteroatoms. The second kappa shape index (κ2) is 7.21. The van der Waals surface area contributed by atoms with E-state index >= 15 is 0 Å². The van der Waals surface area contributed by atoms with Gasteiger partial charge in [-0.05, 0) is 34.7 Å². The zero-order valence-corrected chi connectivity index (χ0v) is 13.4. The van der Waals surface area contributed by atoms with E-state index in [-0.39, 0.29) is 5.91 Å². The molecule has 1 N–H and O–H groups in total. The Kier molecular flexibility index (Phi) is 5.59. The molecule has 1 aromatic carbocycles. The molecule has 1 saturated heterocycles. The number of amides is 1. The molecule has 0 unspecified atom stereocenters. The molecule has 19 heavy (non-hydrogen) atoms. The van der Waals surface area contributed by atoms with Crippen molar-refractivity contribution in [3.8, 4) is 0 Å². The fourth-order valence-corrected chi connectivity index (χ4v) is 2.79. The fourth-order valence-electron chi connectivity index (χ4n) is 2.17. The normalized spacial score (nSPS) is 16.3. The number of nitrogens with one attached hydrogen (secondary N) is 1. The molecule has 1 aliphatic heterocycles. The maximum absolute atomic E-state index is 12.3. The number of carbonyl (C=O) groups is 1. The van der Waals surface area contributed by atoms with Crippen LogP contribution >= 0.6 is 22.6 Å². The zero-order valence-electron chi connectivity index (χ0n) is 11.2. The Morgan fingerprint density at radius 1 is 1.37 bits per heavy atom. The van der Waals surface area contributed by atoms with E-state index in [1.807, 2.05) is 36.2 Å². The smallest absolute Gasteiger partial charge is 0.254 e. The van der Waals surface area contributed by atoms with Crippen molar-refractivity contribution < 1.29 is 4.79 Å². The molecule has 1 aromatic rings. The maximum Gasteiger partial charge on any atom is 0.254 e. The van der Waals surface area contributed by atoms with E-state index in [2.05, 4.69) is 32.8 Å². The summed E-state index contributed by atoms with van der Waals surface area (Å²) in [4.78, 5) is 16.5. The van der Waals surface area contributed by atoms with E-state index in [1.165, 1.54) is 0 Å². The van der Waals surface area contributed by atoms with Crippen molar-refractivity contribution in [2.24, 2.45) is 0 Å². The first-order chi connectivity index (χ1) is 9.18. The van der Waals surface area contributed by atoms with E-state index < -0.39 is 0 Å². The molecule has 1 fully saturated rings. The van der Waals surface area contributed by atoms with Crippen molar-refractivity contribution >= 4 is 28.5 Å². The van der Waals surface area contributed by atoms with Gasteiger partial charge in [-0.25, -0.2) is 0 Å². The lowest BCUT2D eigenvalue weighted by atomic mass is 10.2. The highest BCUT2D eigenvalue weighted by Gasteiger charge is 2.16. The average Bonchev–Trinajstić information content (AvgIpc) is 2.45. The maximum atomic E-state index is 12.3. The minimum absolute atomic E-state index is 0.111. The van der Waals surface area contributed by atoms with Gasteiger partial charge in [0.1, 0.15) is 0 Å². The minimum atomic E-state index is 0.111. The van der Waals surface area contributed by atoms with Gasteiger partial charge in [-0.3, -0.25) is 9.69 Å². The quantitative estimate of drug-likeness (QED) is 0.808. The number of hydrogen-bond donors (Lipinski definition) is 1. The highest BCUT2D eigenvalue weighted by atomic mass is 127. The number of benzene rings is 1. The summed E-state index contributed by atoms with van der Waals surface area (Å²) in [5.41, 5.74) is 0.797. The van der Waals surface area contributed by atoms with Crippen molar-refractivity contribution in [2.45, 2.75) is 0 Å². The van der Waals surface area contributed by atoms with Crippen molar-refractivity contribution in [1.29, 1.82) is 0 Å². The van der Waals surface area contributed by atoms with Crippen molar-refractivity contribution in [3.63, 3.8) is 0 Å². The number of rotatable bonds is 4. The zero-order chi connectivity index (χ0) is 13.7. The molecule has 1 heterocycles. The van der Waals surface area contributed by atoms with Gasteiger partial charge >= 0.3 is 0 Å². The SMILES string of the molecule is CN(CCN1CCNCC1)C(=O)c1ccccc1I. The van der Waals surface area contributed by atoms with Gasteiger partial charge in [-0.1, -0.05) is 12.1 Å². The fraction of sp³-hybridized carbons (Fsp3) is 0.500. The first kappa shape index (κ1) is 14.7. The summed E-state index contributed by atoms with van der Waals surface area (Å²) < 4.78 is 1.01. The van der Waals surface area contributed by atoms with Gasteiger partial charge in [0.25, 0.3) is 5.91 Å². The lowest BCUT2D eigenvalue weighted by Gasteiger charge is -2.29. The first-order valence-corrected chi connectivity index (χ1v) is 7.69. The van der Waals surface area contributed by atoms with Crippen LogP contribution in [0.2, 0.25) is 0 Å². The van der Waals surface area contributed by atoms with Crippen LogP contribution in [0.4, 0.5) is 0 Å². The monoisotopic (exact) mass is 373 g/mol. The number of carbonyl (C=O) groups excluding carboxylic acids is 1. The van der Waals surface area contributed by atoms with E-state index in [0.29, 0.717) is 0 Å². The summed E-state index contributed by atoms with van der Waals surface area (Å²) in [5.74, 6) is 0.111. The molecule has 104 valence electrons. The van der Waals surface area contributed by atoms with Crippen LogP contribution < -0.4 is 5.32 Å². The van der Waals surface area contributed by atoms with Crippen LogP contribution in [0.15, 0.2) is 24.3 Å². The molecule has 1 aliphatic rings.